The van der Waals surface area contributed by atoms with Crippen molar-refractivity contribution in [3.63, 3.8) is 0 Å². The molecule has 0 aliphatic heterocycles. The average Bonchev–Trinajstić information content (AvgIpc) is 2.96. The molecule has 40 heavy (non-hydrogen) atoms. The summed E-state index contributed by atoms with van der Waals surface area (Å²) in [6, 6.07) is 19.7. The minimum atomic E-state index is -1.31. The maximum Gasteiger partial charge on any atom is 0.346 e. The van der Waals surface area contributed by atoms with E-state index in [0.29, 0.717) is 47.8 Å². The van der Waals surface area contributed by atoms with Gasteiger partial charge >= 0.3 is 5.97 Å². The van der Waals surface area contributed by atoms with E-state index in [-0.39, 0.29) is 11.3 Å². The highest BCUT2D eigenvalue weighted by Gasteiger charge is 2.21. The monoisotopic (exact) mass is 546 g/mol. The summed E-state index contributed by atoms with van der Waals surface area (Å²) in [7, 11) is 0. The van der Waals surface area contributed by atoms with Crippen LogP contribution >= 0.6 is 0 Å². The molecule has 4 aromatic carbocycles. The Morgan fingerprint density at radius 3 is 2.00 bits per heavy atom. The van der Waals surface area contributed by atoms with Crippen LogP contribution in [0.2, 0.25) is 0 Å². The van der Waals surface area contributed by atoms with Crippen molar-refractivity contribution in [2.24, 2.45) is 0 Å². The van der Waals surface area contributed by atoms with E-state index in [4.69, 9.17) is 14.2 Å². The highest BCUT2D eigenvalue weighted by Crippen LogP contribution is 2.30. The summed E-state index contributed by atoms with van der Waals surface area (Å²) in [6.07, 6.45) is 4.28. The molecular formula is C33H29F3O4. The van der Waals surface area contributed by atoms with Crippen LogP contribution in [-0.4, -0.2) is 19.2 Å². The average molecular weight is 547 g/mol. The first kappa shape index (κ1) is 28.5. The molecule has 7 heteroatoms. The summed E-state index contributed by atoms with van der Waals surface area (Å²) in [6.45, 7) is 6.65. The lowest BCUT2D eigenvalue weighted by molar-refractivity contribution is 0.0728. The van der Waals surface area contributed by atoms with Crippen LogP contribution in [0.1, 0.15) is 36.5 Å². The van der Waals surface area contributed by atoms with Crippen LogP contribution in [-0.2, 0) is 0 Å². The van der Waals surface area contributed by atoms with Crippen LogP contribution in [0.15, 0.2) is 91.5 Å². The van der Waals surface area contributed by atoms with Crippen molar-refractivity contribution in [1.82, 2.24) is 0 Å². The van der Waals surface area contributed by atoms with Gasteiger partial charge in [-0.2, -0.15) is 0 Å². The predicted molar refractivity (Wildman–Crippen MR) is 149 cm³/mol. The van der Waals surface area contributed by atoms with Gasteiger partial charge in [-0.25, -0.2) is 18.0 Å². The molecule has 0 aromatic heterocycles. The summed E-state index contributed by atoms with van der Waals surface area (Å²) in [5, 5.41) is 0. The number of carbonyl (C=O) groups is 1. The van der Waals surface area contributed by atoms with E-state index >= 15 is 0 Å². The van der Waals surface area contributed by atoms with Crippen molar-refractivity contribution in [2.45, 2.75) is 26.2 Å². The molecule has 0 radical (unpaired) electrons. The molecular weight excluding hydrogens is 517 g/mol. The normalized spacial score (nSPS) is 10.7. The van der Waals surface area contributed by atoms with Crippen LogP contribution in [0.25, 0.3) is 22.3 Å². The minimum Gasteiger partial charge on any atom is -0.494 e. The van der Waals surface area contributed by atoms with Gasteiger partial charge in [0.25, 0.3) is 0 Å². The molecule has 0 heterocycles. The molecule has 0 fully saturated rings. The molecule has 0 spiro atoms. The molecule has 0 atom stereocenters. The number of esters is 1. The van der Waals surface area contributed by atoms with Gasteiger partial charge < -0.3 is 14.2 Å². The van der Waals surface area contributed by atoms with E-state index in [1.54, 1.807) is 54.6 Å². The van der Waals surface area contributed by atoms with Crippen molar-refractivity contribution in [2.75, 3.05) is 13.2 Å². The van der Waals surface area contributed by atoms with Crippen molar-refractivity contribution < 1.29 is 32.2 Å². The number of benzene rings is 4. The molecule has 4 nitrogen and oxygen atoms in total. The number of hydrogen-bond acceptors (Lipinski definition) is 4. The number of carbonyl (C=O) groups excluding carboxylic acids is 1. The van der Waals surface area contributed by atoms with E-state index in [1.807, 2.05) is 0 Å². The number of hydrogen-bond donors (Lipinski definition) is 0. The second-order valence-electron chi connectivity index (χ2n) is 9.00. The number of ether oxygens (including phenoxy) is 3. The first-order chi connectivity index (χ1) is 19.4. The third-order valence-electron chi connectivity index (χ3n) is 6.14. The quantitative estimate of drug-likeness (QED) is 0.0771. The van der Waals surface area contributed by atoms with Crippen LogP contribution < -0.4 is 14.2 Å². The first-order valence-electron chi connectivity index (χ1n) is 13.0. The van der Waals surface area contributed by atoms with Gasteiger partial charge in [0.2, 0.25) is 0 Å². The van der Waals surface area contributed by atoms with Crippen LogP contribution in [0.5, 0.6) is 17.2 Å². The zero-order valence-corrected chi connectivity index (χ0v) is 22.1. The van der Waals surface area contributed by atoms with Gasteiger partial charge in [0, 0.05) is 17.2 Å². The Hall–Kier alpha value is -4.52. The Morgan fingerprint density at radius 2 is 1.35 bits per heavy atom. The molecule has 4 aromatic rings. The molecule has 0 saturated heterocycles. The van der Waals surface area contributed by atoms with Gasteiger partial charge in [-0.3, -0.25) is 0 Å². The summed E-state index contributed by atoms with van der Waals surface area (Å²) in [5.41, 5.74) is 0.787. The summed E-state index contributed by atoms with van der Waals surface area (Å²) in [5.74, 6) is -2.85. The number of unbranched alkanes of at least 4 members (excludes halogenated alkanes) is 1. The van der Waals surface area contributed by atoms with Gasteiger partial charge in [-0.15, -0.1) is 6.58 Å². The maximum absolute atomic E-state index is 14.9. The number of halogens is 3. The molecule has 0 amide bonds. The van der Waals surface area contributed by atoms with Gasteiger partial charge in [0.1, 0.15) is 23.1 Å². The standard InChI is InChI=1S/C33H29F3O4/c1-3-5-19-38-24-11-7-23(8-12-24)28-17-18-29(32(36)31(28)35)33(37)40-25-13-9-22(10-14-25)27-16-15-26(21-30(27)34)39-20-6-4-2/h4,7-18,21H,2-3,5-6,19-20H2,1H3. The lowest BCUT2D eigenvalue weighted by atomic mass is 10.0. The SMILES string of the molecule is C=CCCOc1ccc(-c2ccc(OC(=O)c3ccc(-c4ccc(OCCCC)cc4)c(F)c3F)cc2)c(F)c1. The minimum absolute atomic E-state index is 0.0117. The first-order valence-corrected chi connectivity index (χ1v) is 13.0. The fourth-order valence-electron chi connectivity index (χ4n) is 3.94. The Labute approximate surface area is 231 Å². The zero-order valence-electron chi connectivity index (χ0n) is 22.1. The van der Waals surface area contributed by atoms with Gasteiger partial charge in [-0.05, 0) is 66.4 Å². The Balaban J connectivity index is 1.43. The van der Waals surface area contributed by atoms with E-state index in [0.717, 1.165) is 12.8 Å². The Morgan fingerprint density at radius 1 is 0.750 bits per heavy atom. The zero-order chi connectivity index (χ0) is 28.5. The number of rotatable bonds is 12. The fraction of sp³-hybridized carbons (Fsp3) is 0.182. The summed E-state index contributed by atoms with van der Waals surface area (Å²) in [4.78, 5) is 12.6. The van der Waals surface area contributed by atoms with Crippen molar-refractivity contribution in [1.29, 1.82) is 0 Å². The maximum atomic E-state index is 14.9. The van der Waals surface area contributed by atoms with E-state index in [2.05, 4.69) is 13.5 Å². The third-order valence-corrected chi connectivity index (χ3v) is 6.14. The van der Waals surface area contributed by atoms with Gasteiger partial charge in [-0.1, -0.05) is 49.8 Å². The van der Waals surface area contributed by atoms with E-state index < -0.39 is 29.0 Å². The molecule has 0 unspecified atom stereocenters. The van der Waals surface area contributed by atoms with Crippen molar-refractivity contribution in [3.05, 3.63) is 115 Å². The van der Waals surface area contributed by atoms with Gasteiger partial charge in [0.15, 0.2) is 11.6 Å². The Kier molecular flexibility index (Phi) is 9.62. The van der Waals surface area contributed by atoms with Gasteiger partial charge in [0.05, 0.1) is 18.8 Å². The van der Waals surface area contributed by atoms with E-state index in [9.17, 15) is 18.0 Å². The lowest BCUT2D eigenvalue weighted by Crippen LogP contribution is -2.12. The fourth-order valence-corrected chi connectivity index (χ4v) is 3.94. The molecule has 0 aliphatic rings. The predicted octanol–water partition coefficient (Wildman–Crippen LogP) is 8.79. The second-order valence-corrected chi connectivity index (χ2v) is 9.00. The van der Waals surface area contributed by atoms with E-state index in [1.165, 1.54) is 30.3 Å². The van der Waals surface area contributed by atoms with Crippen molar-refractivity contribution in [3.8, 4) is 39.5 Å². The lowest BCUT2D eigenvalue weighted by Gasteiger charge is -2.11. The molecule has 0 bridgehead atoms. The highest BCUT2D eigenvalue weighted by atomic mass is 19.2. The summed E-state index contributed by atoms with van der Waals surface area (Å²) < 4.78 is 60.8. The van der Waals surface area contributed by atoms with Crippen LogP contribution in [0.4, 0.5) is 13.2 Å². The summed E-state index contributed by atoms with van der Waals surface area (Å²) >= 11 is 0. The van der Waals surface area contributed by atoms with Crippen molar-refractivity contribution >= 4 is 5.97 Å². The van der Waals surface area contributed by atoms with Crippen LogP contribution in [0, 0.1) is 17.5 Å². The Bertz CT molecular complexity index is 1460. The molecule has 0 N–H and O–H groups in total. The molecule has 0 saturated carbocycles. The molecule has 4 rings (SSSR count). The smallest absolute Gasteiger partial charge is 0.346 e. The largest absolute Gasteiger partial charge is 0.494 e. The highest BCUT2D eigenvalue weighted by molar-refractivity contribution is 5.92. The third kappa shape index (κ3) is 6.91. The van der Waals surface area contributed by atoms with Crippen LogP contribution in [0.3, 0.4) is 0 Å². The topological polar surface area (TPSA) is 44.8 Å². The molecule has 0 aliphatic carbocycles. The molecule has 206 valence electrons. The second kappa shape index (κ2) is 13.5.